The predicted molar refractivity (Wildman–Crippen MR) is 151 cm³/mol. The largest absolute Gasteiger partial charge is 0.488 e. The van der Waals surface area contributed by atoms with Gasteiger partial charge in [-0.05, 0) is 61.9 Å². The van der Waals surface area contributed by atoms with E-state index < -0.39 is 23.5 Å². The van der Waals surface area contributed by atoms with Crippen LogP contribution in [0.5, 0.6) is 5.75 Å². The fourth-order valence-electron chi connectivity index (χ4n) is 5.45. The second-order valence-corrected chi connectivity index (χ2v) is 11.8. The zero-order valence-corrected chi connectivity index (χ0v) is 23.7. The normalized spacial score (nSPS) is 22.4. The second kappa shape index (κ2) is 12.2. The Hall–Kier alpha value is -3.39. The highest BCUT2D eigenvalue weighted by Crippen LogP contribution is 2.32. The average molecular weight is 535 g/mol. The maximum absolute atomic E-state index is 14.1. The Kier molecular flexibility index (Phi) is 8.95. The van der Waals surface area contributed by atoms with Gasteiger partial charge in [0.2, 0.25) is 17.7 Å². The van der Waals surface area contributed by atoms with Crippen LogP contribution in [0.2, 0.25) is 0 Å². The molecule has 1 fully saturated rings. The Morgan fingerprint density at radius 3 is 2.41 bits per heavy atom. The van der Waals surface area contributed by atoms with E-state index in [1.165, 1.54) is 5.56 Å². The molecule has 0 radical (unpaired) electrons. The van der Waals surface area contributed by atoms with Gasteiger partial charge in [-0.25, -0.2) is 0 Å². The quantitative estimate of drug-likeness (QED) is 0.482. The van der Waals surface area contributed by atoms with Crippen molar-refractivity contribution in [3.8, 4) is 5.75 Å². The van der Waals surface area contributed by atoms with Gasteiger partial charge in [-0.15, -0.1) is 0 Å². The van der Waals surface area contributed by atoms with E-state index in [1.54, 1.807) is 18.9 Å². The molecule has 1 heterocycles. The maximum atomic E-state index is 14.1. The van der Waals surface area contributed by atoms with Gasteiger partial charge in [0.1, 0.15) is 23.9 Å². The highest BCUT2D eigenvalue weighted by Gasteiger charge is 2.46. The van der Waals surface area contributed by atoms with Gasteiger partial charge in [-0.1, -0.05) is 63.2 Å². The first kappa shape index (κ1) is 28.6. The van der Waals surface area contributed by atoms with Crippen LogP contribution in [0, 0.1) is 5.41 Å². The third-order valence-electron chi connectivity index (χ3n) is 7.81. The van der Waals surface area contributed by atoms with E-state index in [0.29, 0.717) is 12.2 Å². The maximum Gasteiger partial charge on any atom is 0.246 e. The van der Waals surface area contributed by atoms with Crippen LogP contribution in [-0.4, -0.2) is 60.4 Å². The molecule has 0 spiro atoms. The number of rotatable bonds is 8. The summed E-state index contributed by atoms with van der Waals surface area (Å²) in [7, 11) is 1.70. The van der Waals surface area contributed by atoms with Crippen molar-refractivity contribution in [3.63, 3.8) is 0 Å². The molecular weight excluding hydrogens is 492 g/mol. The number of para-hydroxylation sites is 1. The lowest BCUT2D eigenvalue weighted by molar-refractivity contribution is -0.144. The molecule has 4 rings (SSSR count). The van der Waals surface area contributed by atoms with Crippen LogP contribution in [0.15, 0.2) is 54.6 Å². The number of hydrogen-bond acceptors (Lipinski definition) is 5. The van der Waals surface area contributed by atoms with Crippen LogP contribution < -0.4 is 20.7 Å². The Labute approximate surface area is 231 Å². The van der Waals surface area contributed by atoms with Gasteiger partial charge in [0.05, 0.1) is 18.6 Å². The number of nitrogens with zero attached hydrogens (tertiary/aromatic N) is 1. The fraction of sp³-hybridized carbons (Fsp3) is 0.516. The topological polar surface area (TPSA) is 99.8 Å². The standard InChI is InChI=1S/C31H42N4O4/c1-20(32-5)28(36)34-27(31(2,3)4)30(38)35-19-23(39-22-14-7-6-8-15-22)18-26(35)29(37)33-25-17-11-13-21-12-9-10-16-24(21)25/h6-10,12,14-16,20,23,25-27,32H,11,13,17-19H2,1-5H3,(H,33,37)(H,34,36)/t20-,23-,25+,26-,27+/m0/s1. The number of ether oxygens (including phenoxy) is 1. The molecule has 8 heteroatoms. The number of likely N-dealkylation sites (N-methyl/N-ethyl adjacent to an activating group) is 1. The number of hydrogen-bond donors (Lipinski definition) is 3. The van der Waals surface area contributed by atoms with Crippen molar-refractivity contribution in [1.29, 1.82) is 0 Å². The Morgan fingerprint density at radius 2 is 1.72 bits per heavy atom. The Morgan fingerprint density at radius 1 is 1.03 bits per heavy atom. The monoisotopic (exact) mass is 534 g/mol. The van der Waals surface area contributed by atoms with E-state index in [4.69, 9.17) is 4.74 Å². The molecule has 0 aromatic heterocycles. The van der Waals surface area contributed by atoms with Gasteiger partial charge in [-0.3, -0.25) is 14.4 Å². The molecule has 5 atom stereocenters. The first-order valence-corrected chi connectivity index (χ1v) is 14.0. The smallest absolute Gasteiger partial charge is 0.246 e. The summed E-state index contributed by atoms with van der Waals surface area (Å²) in [6.07, 6.45) is 2.88. The summed E-state index contributed by atoms with van der Waals surface area (Å²) in [6, 6.07) is 15.6. The zero-order chi connectivity index (χ0) is 28.2. The number of carbonyl (C=O) groups is 3. The van der Waals surface area contributed by atoms with Gasteiger partial charge < -0.3 is 25.6 Å². The number of nitrogens with one attached hydrogen (secondary N) is 3. The van der Waals surface area contributed by atoms with Crippen LogP contribution in [0.4, 0.5) is 0 Å². The van der Waals surface area contributed by atoms with Gasteiger partial charge in [0, 0.05) is 6.42 Å². The summed E-state index contributed by atoms with van der Waals surface area (Å²) < 4.78 is 6.21. The summed E-state index contributed by atoms with van der Waals surface area (Å²) in [5.74, 6) is -0.0307. The molecule has 1 aliphatic carbocycles. The minimum Gasteiger partial charge on any atom is -0.488 e. The molecule has 3 N–H and O–H groups in total. The van der Waals surface area contributed by atoms with Crippen molar-refractivity contribution < 1.29 is 19.1 Å². The minimum atomic E-state index is -0.804. The van der Waals surface area contributed by atoms with Crippen molar-refractivity contribution in [2.24, 2.45) is 5.41 Å². The molecule has 1 saturated heterocycles. The van der Waals surface area contributed by atoms with Crippen LogP contribution in [-0.2, 0) is 20.8 Å². The second-order valence-electron chi connectivity index (χ2n) is 11.8. The van der Waals surface area contributed by atoms with Crippen LogP contribution in [0.25, 0.3) is 0 Å². The summed E-state index contributed by atoms with van der Waals surface area (Å²) in [6.45, 7) is 7.76. The molecule has 39 heavy (non-hydrogen) atoms. The predicted octanol–water partition coefficient (Wildman–Crippen LogP) is 3.37. The molecule has 3 amide bonds. The van der Waals surface area contributed by atoms with Crippen LogP contribution in [0.3, 0.4) is 0 Å². The van der Waals surface area contributed by atoms with Gasteiger partial charge in [-0.2, -0.15) is 0 Å². The van der Waals surface area contributed by atoms with Gasteiger partial charge >= 0.3 is 0 Å². The molecule has 0 bridgehead atoms. The van der Waals surface area contributed by atoms with Gasteiger partial charge in [0.25, 0.3) is 0 Å². The highest BCUT2D eigenvalue weighted by atomic mass is 16.5. The number of aryl methyl sites for hydroxylation is 1. The average Bonchev–Trinajstić information content (AvgIpc) is 3.34. The molecular formula is C31H42N4O4. The van der Waals surface area contributed by atoms with E-state index in [0.717, 1.165) is 24.8 Å². The summed E-state index contributed by atoms with van der Waals surface area (Å²) >= 11 is 0. The number of benzene rings is 2. The van der Waals surface area contributed by atoms with E-state index >= 15 is 0 Å². The van der Waals surface area contributed by atoms with E-state index in [1.807, 2.05) is 63.2 Å². The molecule has 2 aliphatic rings. The van der Waals surface area contributed by atoms with Crippen molar-refractivity contribution in [2.75, 3.05) is 13.6 Å². The Balaban J connectivity index is 1.58. The Bertz CT molecular complexity index is 1160. The highest BCUT2D eigenvalue weighted by molar-refractivity contribution is 5.94. The van der Waals surface area contributed by atoms with E-state index in [9.17, 15) is 14.4 Å². The number of fused-ring (bicyclic) bond motifs is 1. The lowest BCUT2D eigenvalue weighted by atomic mass is 9.85. The zero-order valence-electron chi connectivity index (χ0n) is 23.7. The van der Waals surface area contributed by atoms with Crippen molar-refractivity contribution in [2.45, 2.75) is 83.6 Å². The van der Waals surface area contributed by atoms with Gasteiger partial charge in [0.15, 0.2) is 0 Å². The number of amides is 3. The van der Waals surface area contributed by atoms with Crippen molar-refractivity contribution in [1.82, 2.24) is 20.9 Å². The lowest BCUT2D eigenvalue weighted by Crippen LogP contribution is -2.59. The molecule has 0 unspecified atom stereocenters. The summed E-state index contributed by atoms with van der Waals surface area (Å²) in [4.78, 5) is 42.3. The van der Waals surface area contributed by atoms with Crippen LogP contribution in [0.1, 0.15) is 64.1 Å². The SMILES string of the molecule is CN[C@@H](C)C(=O)N[C@H](C(=O)N1C[C@@H](Oc2ccccc2)C[C@H]1C(=O)N[C@@H]1CCCc2ccccc21)C(C)(C)C. The number of likely N-dealkylation sites (tertiary alicyclic amines) is 1. The van der Waals surface area contributed by atoms with E-state index in [2.05, 4.69) is 28.1 Å². The van der Waals surface area contributed by atoms with E-state index in [-0.39, 0.29) is 36.4 Å². The number of carbonyl (C=O) groups excluding carboxylic acids is 3. The molecule has 1 aliphatic heterocycles. The molecule has 2 aromatic rings. The summed E-state index contributed by atoms with van der Waals surface area (Å²) in [5.41, 5.74) is 1.83. The van der Waals surface area contributed by atoms with Crippen molar-refractivity contribution in [3.05, 3.63) is 65.7 Å². The molecule has 0 saturated carbocycles. The third kappa shape index (κ3) is 6.79. The fourth-order valence-corrected chi connectivity index (χ4v) is 5.45. The third-order valence-corrected chi connectivity index (χ3v) is 7.81. The minimum absolute atomic E-state index is 0.0944. The first-order chi connectivity index (χ1) is 18.6. The molecule has 8 nitrogen and oxygen atoms in total. The molecule has 2 aromatic carbocycles. The summed E-state index contributed by atoms with van der Waals surface area (Å²) in [5, 5.41) is 9.11. The first-order valence-electron chi connectivity index (χ1n) is 14.0. The van der Waals surface area contributed by atoms with Crippen molar-refractivity contribution >= 4 is 17.7 Å². The molecule has 210 valence electrons. The lowest BCUT2D eigenvalue weighted by Gasteiger charge is -2.36. The van der Waals surface area contributed by atoms with Crippen LogP contribution >= 0.6 is 0 Å².